The molecular formula is C31H34N4O4. The van der Waals surface area contributed by atoms with Gasteiger partial charge in [0, 0.05) is 38.3 Å². The van der Waals surface area contributed by atoms with E-state index in [1.54, 1.807) is 14.2 Å². The summed E-state index contributed by atoms with van der Waals surface area (Å²) in [5, 5.41) is 3.27. The second-order valence-corrected chi connectivity index (χ2v) is 10.5. The van der Waals surface area contributed by atoms with Crippen LogP contribution in [0.2, 0.25) is 0 Å². The summed E-state index contributed by atoms with van der Waals surface area (Å²) in [4.78, 5) is 34.5. The van der Waals surface area contributed by atoms with Gasteiger partial charge in [-0.1, -0.05) is 30.3 Å². The number of nitrogens with zero attached hydrogens (tertiary/aromatic N) is 3. The van der Waals surface area contributed by atoms with E-state index in [1.165, 1.54) is 0 Å². The number of amides is 2. The maximum atomic E-state index is 14.3. The second-order valence-electron chi connectivity index (χ2n) is 10.5. The van der Waals surface area contributed by atoms with Crippen LogP contribution in [0.1, 0.15) is 39.0 Å². The molecule has 202 valence electrons. The molecule has 0 saturated carbocycles. The lowest BCUT2D eigenvalue weighted by molar-refractivity contribution is -0.119. The van der Waals surface area contributed by atoms with Crippen molar-refractivity contribution in [2.24, 2.45) is 0 Å². The molecule has 2 atom stereocenters. The molecule has 3 aliphatic rings. The Hall–Kier alpha value is -4.04. The Bertz CT molecular complexity index is 1420. The quantitative estimate of drug-likeness (QED) is 0.543. The number of piperazine rings is 1. The van der Waals surface area contributed by atoms with E-state index in [1.807, 2.05) is 59.5 Å². The van der Waals surface area contributed by atoms with Gasteiger partial charge >= 0.3 is 0 Å². The van der Waals surface area contributed by atoms with Crippen LogP contribution in [0.25, 0.3) is 0 Å². The van der Waals surface area contributed by atoms with Gasteiger partial charge in [0.15, 0.2) is 11.5 Å². The van der Waals surface area contributed by atoms with Crippen LogP contribution in [0, 0.1) is 0 Å². The Balaban J connectivity index is 1.42. The number of anilines is 2. The SMILES string of the molecule is COc1cc2c(cc1OC)[C@H]1[C@@H](C(=O)Nc3ccccc3N3CCN(C)CC3)c3ccccc3C(=O)N1CC2. The number of nitrogens with one attached hydrogen (secondary N) is 1. The first-order valence-corrected chi connectivity index (χ1v) is 13.5. The number of hydrogen-bond acceptors (Lipinski definition) is 6. The van der Waals surface area contributed by atoms with Crippen LogP contribution in [-0.2, 0) is 11.2 Å². The molecule has 0 aromatic heterocycles. The number of para-hydroxylation sites is 2. The zero-order valence-corrected chi connectivity index (χ0v) is 22.6. The molecule has 3 aromatic carbocycles. The summed E-state index contributed by atoms with van der Waals surface area (Å²) >= 11 is 0. The molecule has 1 N–H and O–H groups in total. The molecule has 0 unspecified atom stereocenters. The first-order chi connectivity index (χ1) is 19.0. The summed E-state index contributed by atoms with van der Waals surface area (Å²) in [5.41, 5.74) is 5.14. The topological polar surface area (TPSA) is 74.4 Å². The molecule has 3 aromatic rings. The molecule has 1 fully saturated rings. The van der Waals surface area contributed by atoms with Crippen molar-refractivity contribution < 1.29 is 19.1 Å². The highest BCUT2D eigenvalue weighted by Crippen LogP contribution is 2.48. The standard InChI is InChI=1S/C31H34N4O4/c1-33-14-16-34(17-15-33)25-11-7-6-10-24(25)32-30(36)28-21-8-4-5-9-22(21)31(37)35-13-12-20-18-26(38-2)27(39-3)19-23(20)29(28)35/h4-11,18-19,28-29H,12-17H2,1-3H3,(H,32,36)/t28-,29-/m0/s1. The number of benzene rings is 3. The summed E-state index contributed by atoms with van der Waals surface area (Å²) in [6, 6.07) is 19.0. The maximum absolute atomic E-state index is 14.3. The van der Waals surface area contributed by atoms with Gasteiger partial charge < -0.3 is 29.5 Å². The Morgan fingerprint density at radius 2 is 1.56 bits per heavy atom. The Morgan fingerprint density at radius 1 is 0.872 bits per heavy atom. The molecule has 3 heterocycles. The average molecular weight is 527 g/mol. The summed E-state index contributed by atoms with van der Waals surface area (Å²) in [5.74, 6) is 0.474. The fraction of sp³-hybridized carbons (Fsp3) is 0.355. The van der Waals surface area contributed by atoms with E-state index >= 15 is 0 Å². The third-order valence-electron chi connectivity index (χ3n) is 8.31. The summed E-state index contributed by atoms with van der Waals surface area (Å²) in [6.07, 6.45) is 0.681. The number of likely N-dealkylation sites (N-methyl/N-ethyl adjacent to an activating group) is 1. The lowest BCUT2D eigenvalue weighted by Gasteiger charge is -2.45. The van der Waals surface area contributed by atoms with E-state index in [4.69, 9.17) is 9.47 Å². The van der Waals surface area contributed by atoms with Crippen LogP contribution in [-0.4, -0.2) is 75.6 Å². The van der Waals surface area contributed by atoms with Gasteiger partial charge in [0.05, 0.1) is 37.6 Å². The number of hydrogen-bond donors (Lipinski definition) is 1. The van der Waals surface area contributed by atoms with Gasteiger partial charge in [0.25, 0.3) is 5.91 Å². The van der Waals surface area contributed by atoms with Gasteiger partial charge in [-0.3, -0.25) is 9.59 Å². The van der Waals surface area contributed by atoms with Crippen LogP contribution >= 0.6 is 0 Å². The minimum Gasteiger partial charge on any atom is -0.493 e. The third kappa shape index (κ3) is 4.38. The van der Waals surface area contributed by atoms with Gasteiger partial charge in [-0.15, -0.1) is 0 Å². The van der Waals surface area contributed by atoms with Crippen molar-refractivity contribution in [3.8, 4) is 11.5 Å². The third-order valence-corrected chi connectivity index (χ3v) is 8.31. The molecule has 39 heavy (non-hydrogen) atoms. The summed E-state index contributed by atoms with van der Waals surface area (Å²) in [6.45, 7) is 4.27. The van der Waals surface area contributed by atoms with Gasteiger partial charge in [0.1, 0.15) is 0 Å². The number of carbonyl (C=O) groups is 2. The van der Waals surface area contributed by atoms with Crippen LogP contribution in [0.5, 0.6) is 11.5 Å². The Kier molecular flexibility index (Phi) is 6.64. The maximum Gasteiger partial charge on any atom is 0.254 e. The fourth-order valence-corrected chi connectivity index (χ4v) is 6.25. The molecular weight excluding hydrogens is 492 g/mol. The predicted molar refractivity (Wildman–Crippen MR) is 151 cm³/mol. The summed E-state index contributed by atoms with van der Waals surface area (Å²) in [7, 11) is 5.35. The van der Waals surface area contributed by atoms with Crippen molar-refractivity contribution in [3.05, 3.63) is 82.9 Å². The molecule has 1 saturated heterocycles. The van der Waals surface area contributed by atoms with Crippen LogP contribution in [0.15, 0.2) is 60.7 Å². The monoisotopic (exact) mass is 526 g/mol. The first kappa shape index (κ1) is 25.2. The van der Waals surface area contributed by atoms with E-state index in [0.29, 0.717) is 30.0 Å². The van der Waals surface area contributed by atoms with Crippen molar-refractivity contribution in [2.75, 3.05) is 64.2 Å². The van der Waals surface area contributed by atoms with Gasteiger partial charge in [-0.2, -0.15) is 0 Å². The minimum absolute atomic E-state index is 0.0436. The molecule has 0 spiro atoms. The lowest BCUT2D eigenvalue weighted by atomic mass is 9.75. The van der Waals surface area contributed by atoms with Gasteiger partial charge in [-0.05, 0) is 60.5 Å². The Labute approximate surface area is 229 Å². The smallest absolute Gasteiger partial charge is 0.254 e. The lowest BCUT2D eigenvalue weighted by Crippen LogP contribution is -2.49. The molecule has 3 aliphatic heterocycles. The van der Waals surface area contributed by atoms with E-state index in [0.717, 1.165) is 54.2 Å². The van der Waals surface area contributed by atoms with Crippen LogP contribution in [0.4, 0.5) is 11.4 Å². The molecule has 6 rings (SSSR count). The van der Waals surface area contributed by atoms with Gasteiger partial charge in [-0.25, -0.2) is 0 Å². The van der Waals surface area contributed by atoms with Crippen molar-refractivity contribution in [1.82, 2.24) is 9.80 Å². The van der Waals surface area contributed by atoms with Crippen LogP contribution in [0.3, 0.4) is 0 Å². The highest BCUT2D eigenvalue weighted by Gasteiger charge is 2.46. The number of carbonyl (C=O) groups excluding carboxylic acids is 2. The zero-order valence-electron chi connectivity index (χ0n) is 22.6. The van der Waals surface area contributed by atoms with Crippen LogP contribution < -0.4 is 19.7 Å². The number of rotatable bonds is 5. The Morgan fingerprint density at radius 3 is 2.33 bits per heavy atom. The molecule has 0 radical (unpaired) electrons. The second kappa shape index (κ2) is 10.3. The van der Waals surface area contributed by atoms with E-state index < -0.39 is 12.0 Å². The van der Waals surface area contributed by atoms with Gasteiger partial charge in [0.2, 0.25) is 5.91 Å². The van der Waals surface area contributed by atoms with E-state index in [2.05, 4.69) is 28.2 Å². The number of fused-ring (bicyclic) bond motifs is 4. The molecule has 0 bridgehead atoms. The molecule has 2 amide bonds. The van der Waals surface area contributed by atoms with E-state index in [9.17, 15) is 9.59 Å². The first-order valence-electron chi connectivity index (χ1n) is 13.5. The zero-order chi connectivity index (χ0) is 27.1. The van der Waals surface area contributed by atoms with Crippen molar-refractivity contribution in [2.45, 2.75) is 18.4 Å². The average Bonchev–Trinajstić information content (AvgIpc) is 2.97. The predicted octanol–water partition coefficient (Wildman–Crippen LogP) is 3.93. The minimum atomic E-state index is -0.586. The fourth-order valence-electron chi connectivity index (χ4n) is 6.25. The molecule has 8 heteroatoms. The molecule has 0 aliphatic carbocycles. The summed E-state index contributed by atoms with van der Waals surface area (Å²) < 4.78 is 11.2. The van der Waals surface area contributed by atoms with Crippen molar-refractivity contribution in [3.63, 3.8) is 0 Å². The highest BCUT2D eigenvalue weighted by molar-refractivity contribution is 6.05. The number of methoxy groups -OCH3 is 2. The van der Waals surface area contributed by atoms with E-state index in [-0.39, 0.29) is 11.8 Å². The van der Waals surface area contributed by atoms with Crippen molar-refractivity contribution in [1.29, 1.82) is 0 Å². The molecule has 8 nitrogen and oxygen atoms in total. The van der Waals surface area contributed by atoms with Crippen molar-refractivity contribution >= 4 is 23.2 Å². The number of ether oxygens (including phenoxy) is 2. The normalized spacial score (nSPS) is 20.5. The largest absolute Gasteiger partial charge is 0.493 e. The highest BCUT2D eigenvalue weighted by atomic mass is 16.5.